The van der Waals surface area contributed by atoms with Crippen LogP contribution in [0.25, 0.3) is 0 Å². The lowest BCUT2D eigenvalue weighted by atomic mass is 9.64. The average Bonchev–Trinajstić information content (AvgIpc) is 2.50. The van der Waals surface area contributed by atoms with Gasteiger partial charge in [0.05, 0.1) is 0 Å². The van der Waals surface area contributed by atoms with Crippen LogP contribution in [-0.2, 0) is 15.8 Å². The molecule has 1 saturated carbocycles. The summed E-state index contributed by atoms with van der Waals surface area (Å²) in [6, 6.07) is 2.92. The lowest BCUT2D eigenvalue weighted by Gasteiger charge is -2.43. The summed E-state index contributed by atoms with van der Waals surface area (Å²) in [6.45, 7) is 3.89. The number of pyridine rings is 1. The van der Waals surface area contributed by atoms with Crippen LogP contribution in [0.4, 0.5) is 14.5 Å². The number of carbonyl (C=O) groups excluding carboxylic acids is 1. The van der Waals surface area contributed by atoms with Gasteiger partial charge in [0.25, 0.3) is 0 Å². The van der Waals surface area contributed by atoms with Crippen molar-refractivity contribution < 1.29 is 17.8 Å². The minimum absolute atomic E-state index is 0.123. The molecule has 3 unspecified atom stereocenters. The second-order valence-electron chi connectivity index (χ2n) is 6.69. The summed E-state index contributed by atoms with van der Waals surface area (Å²) in [5.74, 6) is -4.04. The molecule has 1 aromatic rings. The minimum Gasteiger partial charge on any atom is -0.326 e. The summed E-state index contributed by atoms with van der Waals surface area (Å²) in [5.41, 5.74) is -0.0934. The highest BCUT2D eigenvalue weighted by molar-refractivity contribution is 7.82. The number of anilines is 1. The van der Waals surface area contributed by atoms with Gasteiger partial charge in [0.15, 0.2) is 0 Å². The van der Waals surface area contributed by atoms with Crippen LogP contribution in [0.5, 0.6) is 0 Å². The van der Waals surface area contributed by atoms with Crippen LogP contribution in [-0.4, -0.2) is 21.0 Å². The van der Waals surface area contributed by atoms with Gasteiger partial charge in [-0.3, -0.25) is 4.79 Å². The molecule has 1 aliphatic rings. The fourth-order valence-corrected chi connectivity index (χ4v) is 3.80. The number of hydrogen-bond donors (Lipinski definition) is 2. The van der Waals surface area contributed by atoms with Crippen molar-refractivity contribution in [2.24, 2.45) is 16.5 Å². The van der Waals surface area contributed by atoms with E-state index >= 15 is 0 Å². The maximum Gasteiger partial charge on any atom is 0.249 e. The molecule has 24 heavy (non-hydrogen) atoms. The smallest absolute Gasteiger partial charge is 0.249 e. The molecule has 8 heteroatoms. The third-order valence-electron chi connectivity index (χ3n) is 4.75. The number of aromatic nitrogens is 1. The molecule has 2 rings (SSSR count). The van der Waals surface area contributed by atoms with Crippen LogP contribution in [0, 0.1) is 11.3 Å². The van der Waals surface area contributed by atoms with Crippen LogP contribution in [0.2, 0.25) is 0 Å². The Morgan fingerprint density at radius 1 is 1.50 bits per heavy atom. The lowest BCUT2D eigenvalue weighted by Crippen LogP contribution is -2.45. The zero-order valence-corrected chi connectivity index (χ0v) is 14.7. The second kappa shape index (κ2) is 7.23. The van der Waals surface area contributed by atoms with Crippen molar-refractivity contribution in [3.8, 4) is 0 Å². The summed E-state index contributed by atoms with van der Waals surface area (Å²) in [6.07, 6.45) is 2.61. The van der Waals surface area contributed by atoms with E-state index in [1.54, 1.807) is 0 Å². The van der Waals surface area contributed by atoms with E-state index in [1.165, 1.54) is 18.3 Å². The van der Waals surface area contributed by atoms with E-state index in [0.29, 0.717) is 12.1 Å². The molecule has 1 aromatic heterocycles. The van der Waals surface area contributed by atoms with E-state index in [9.17, 15) is 17.8 Å². The van der Waals surface area contributed by atoms with Gasteiger partial charge in [0.2, 0.25) is 11.8 Å². The molecule has 1 aliphatic carbocycles. The van der Waals surface area contributed by atoms with Crippen molar-refractivity contribution in [3.05, 3.63) is 18.3 Å². The van der Waals surface area contributed by atoms with Crippen LogP contribution in [0.15, 0.2) is 23.4 Å². The average molecular weight is 359 g/mol. The highest BCUT2D eigenvalue weighted by atomic mass is 32.2. The molecule has 0 radical (unpaired) electrons. The molecule has 1 amide bonds. The molecule has 0 saturated heterocycles. The molecule has 1 heterocycles. The van der Waals surface area contributed by atoms with E-state index in [2.05, 4.69) is 10.3 Å². The Morgan fingerprint density at radius 2 is 2.21 bits per heavy atom. The van der Waals surface area contributed by atoms with Gasteiger partial charge in [-0.25, -0.2) is 23.1 Å². The standard InChI is InChI=1S/C16H23F2N3O2S/c1-3-5-15(2)6-7-16(17,18)10-12(15)14(22)21-11-4-8-20-13(9-11)24(19)23/h4,8-9,12H,3,5-7,10,19H2,1-2H3,(H,20,21,22). The zero-order chi connectivity index (χ0) is 18.0. The van der Waals surface area contributed by atoms with Crippen molar-refractivity contribution in [1.29, 1.82) is 0 Å². The Hall–Kier alpha value is -1.41. The van der Waals surface area contributed by atoms with E-state index in [0.717, 1.165) is 12.8 Å². The predicted molar refractivity (Wildman–Crippen MR) is 88.8 cm³/mol. The molecule has 0 spiro atoms. The van der Waals surface area contributed by atoms with Crippen molar-refractivity contribution >= 4 is 22.6 Å². The maximum atomic E-state index is 13.9. The first-order chi connectivity index (χ1) is 11.2. The minimum atomic E-state index is -2.82. The molecule has 3 atom stereocenters. The Kier molecular flexibility index (Phi) is 5.70. The van der Waals surface area contributed by atoms with Crippen LogP contribution in [0.1, 0.15) is 46.0 Å². The molecular formula is C16H23F2N3O2S. The summed E-state index contributed by atoms with van der Waals surface area (Å²) < 4.78 is 39.0. The summed E-state index contributed by atoms with van der Waals surface area (Å²) in [5, 5.41) is 8.05. The number of nitrogens with two attached hydrogens (primary N) is 1. The first kappa shape index (κ1) is 18.9. The zero-order valence-electron chi connectivity index (χ0n) is 13.9. The van der Waals surface area contributed by atoms with Crippen LogP contribution >= 0.6 is 0 Å². The van der Waals surface area contributed by atoms with Gasteiger partial charge in [-0.15, -0.1) is 0 Å². The third kappa shape index (κ3) is 4.36. The number of hydrogen-bond acceptors (Lipinski definition) is 3. The summed E-state index contributed by atoms with van der Waals surface area (Å²) in [7, 11) is -1.77. The van der Waals surface area contributed by atoms with Gasteiger partial charge >= 0.3 is 0 Å². The molecule has 3 N–H and O–H groups in total. The predicted octanol–water partition coefficient (Wildman–Crippen LogP) is 3.24. The van der Waals surface area contributed by atoms with E-state index in [4.69, 9.17) is 5.14 Å². The number of amides is 1. The van der Waals surface area contributed by atoms with Crippen molar-refractivity contribution in [2.45, 2.75) is 56.9 Å². The molecule has 0 aliphatic heterocycles. The molecular weight excluding hydrogens is 336 g/mol. The van der Waals surface area contributed by atoms with Gasteiger partial charge in [0, 0.05) is 30.6 Å². The van der Waals surface area contributed by atoms with Crippen molar-refractivity contribution in [3.63, 3.8) is 0 Å². The number of alkyl halides is 2. The Labute approximate surface area is 143 Å². The van der Waals surface area contributed by atoms with Gasteiger partial charge in [-0.05, 0) is 30.4 Å². The Balaban J connectivity index is 2.21. The first-order valence-corrected chi connectivity index (χ1v) is 9.19. The van der Waals surface area contributed by atoms with Gasteiger partial charge < -0.3 is 5.32 Å². The van der Waals surface area contributed by atoms with E-state index in [1.807, 2.05) is 13.8 Å². The van der Waals surface area contributed by atoms with Crippen LogP contribution in [0.3, 0.4) is 0 Å². The SMILES string of the molecule is CCCC1(C)CCC(F)(F)CC1C(=O)Nc1ccnc(S(N)=O)c1. The van der Waals surface area contributed by atoms with Gasteiger partial charge in [-0.1, -0.05) is 20.3 Å². The Bertz CT molecular complexity index is 642. The van der Waals surface area contributed by atoms with Crippen molar-refractivity contribution in [1.82, 2.24) is 4.98 Å². The largest absolute Gasteiger partial charge is 0.326 e. The lowest BCUT2D eigenvalue weighted by molar-refractivity contribution is -0.139. The Morgan fingerprint density at radius 3 is 2.83 bits per heavy atom. The topological polar surface area (TPSA) is 85.1 Å². The van der Waals surface area contributed by atoms with Gasteiger partial charge in [-0.2, -0.15) is 0 Å². The fraction of sp³-hybridized carbons (Fsp3) is 0.625. The number of carbonyl (C=O) groups is 1. The molecule has 0 aromatic carbocycles. The molecule has 134 valence electrons. The summed E-state index contributed by atoms with van der Waals surface area (Å²) >= 11 is 0. The molecule has 1 fully saturated rings. The van der Waals surface area contributed by atoms with E-state index in [-0.39, 0.29) is 11.4 Å². The molecule has 5 nitrogen and oxygen atoms in total. The van der Waals surface area contributed by atoms with Crippen LogP contribution < -0.4 is 10.5 Å². The number of nitrogens with one attached hydrogen (secondary N) is 1. The monoisotopic (exact) mass is 359 g/mol. The number of nitrogens with zero attached hydrogens (tertiary/aromatic N) is 1. The maximum absolute atomic E-state index is 13.9. The first-order valence-electron chi connectivity index (χ1n) is 7.98. The van der Waals surface area contributed by atoms with Gasteiger partial charge in [0.1, 0.15) is 16.0 Å². The second-order valence-corrected chi connectivity index (χ2v) is 7.70. The number of rotatable bonds is 5. The van der Waals surface area contributed by atoms with Crippen molar-refractivity contribution in [2.75, 3.05) is 5.32 Å². The highest BCUT2D eigenvalue weighted by Gasteiger charge is 2.50. The summed E-state index contributed by atoms with van der Waals surface area (Å²) in [4.78, 5) is 16.5. The molecule has 0 bridgehead atoms. The third-order valence-corrected chi connectivity index (χ3v) is 5.39. The van der Waals surface area contributed by atoms with E-state index < -0.39 is 40.6 Å². The highest BCUT2D eigenvalue weighted by Crippen LogP contribution is 2.50. The normalized spacial score (nSPS) is 27.5. The quantitative estimate of drug-likeness (QED) is 0.846. The fourth-order valence-electron chi connectivity index (χ4n) is 3.40. The number of halogens is 2.